The summed E-state index contributed by atoms with van der Waals surface area (Å²) in [7, 11) is 0. The average Bonchev–Trinajstić information content (AvgIpc) is 2.28. The number of nitrogen functional groups attached to an aromatic ring is 1. The summed E-state index contributed by atoms with van der Waals surface area (Å²) in [5.74, 6) is 0.192. The highest BCUT2D eigenvalue weighted by molar-refractivity contribution is 9.10. The molecule has 0 saturated heterocycles. The number of hydrogen-bond donors (Lipinski definition) is 1. The van der Waals surface area contributed by atoms with Crippen molar-refractivity contribution < 1.29 is 9.13 Å². The van der Waals surface area contributed by atoms with Gasteiger partial charge in [-0.1, -0.05) is 28.1 Å². The largest absolute Gasteiger partial charge is 0.452 e. The molecule has 0 radical (unpaired) electrons. The third kappa shape index (κ3) is 2.58. The van der Waals surface area contributed by atoms with Crippen LogP contribution < -0.4 is 10.5 Å². The molecule has 4 heteroatoms. The molecule has 2 nitrogen and oxygen atoms in total. The highest BCUT2D eigenvalue weighted by atomic mass is 79.9. The maximum Gasteiger partial charge on any atom is 0.166 e. The first-order valence-corrected chi connectivity index (χ1v) is 5.85. The van der Waals surface area contributed by atoms with Crippen LogP contribution in [0.1, 0.15) is 5.56 Å². The van der Waals surface area contributed by atoms with Crippen molar-refractivity contribution in [1.29, 1.82) is 0 Å². The molecule has 0 unspecified atom stereocenters. The minimum absolute atomic E-state index is 0.158. The molecular weight excluding hydrogens is 285 g/mol. The number of para-hydroxylation sites is 1. The fourth-order valence-electron chi connectivity index (χ4n) is 1.42. The molecule has 0 saturated carbocycles. The molecule has 0 aliphatic heterocycles. The Kier molecular flexibility index (Phi) is 3.33. The predicted octanol–water partition coefficient (Wildman–Crippen LogP) is 4.27. The van der Waals surface area contributed by atoms with Crippen molar-refractivity contribution in [2.75, 3.05) is 5.73 Å². The lowest BCUT2D eigenvalue weighted by molar-refractivity contribution is 0.443. The zero-order valence-corrected chi connectivity index (χ0v) is 10.8. The van der Waals surface area contributed by atoms with E-state index in [1.54, 1.807) is 18.2 Å². The predicted molar refractivity (Wildman–Crippen MR) is 69.8 cm³/mol. The van der Waals surface area contributed by atoms with Crippen LogP contribution in [0.5, 0.6) is 11.5 Å². The van der Waals surface area contributed by atoms with Crippen molar-refractivity contribution in [2.24, 2.45) is 0 Å². The lowest BCUT2D eigenvalue weighted by Crippen LogP contribution is -1.95. The number of anilines is 1. The van der Waals surface area contributed by atoms with E-state index in [9.17, 15) is 4.39 Å². The Morgan fingerprint density at radius 3 is 2.65 bits per heavy atom. The molecule has 2 aromatic carbocycles. The summed E-state index contributed by atoms with van der Waals surface area (Å²) < 4.78 is 19.7. The van der Waals surface area contributed by atoms with E-state index in [1.807, 2.05) is 19.1 Å². The van der Waals surface area contributed by atoms with Crippen LogP contribution in [0, 0.1) is 12.7 Å². The van der Waals surface area contributed by atoms with Gasteiger partial charge >= 0.3 is 0 Å². The lowest BCUT2D eigenvalue weighted by atomic mass is 10.2. The van der Waals surface area contributed by atoms with Gasteiger partial charge in [0, 0.05) is 4.47 Å². The molecule has 0 spiro atoms. The van der Waals surface area contributed by atoms with Crippen LogP contribution in [0.25, 0.3) is 0 Å². The summed E-state index contributed by atoms with van der Waals surface area (Å²) in [5.41, 5.74) is 7.28. The maximum atomic E-state index is 13.6. The van der Waals surface area contributed by atoms with Crippen molar-refractivity contribution in [3.05, 3.63) is 52.3 Å². The number of benzene rings is 2. The van der Waals surface area contributed by atoms with E-state index in [-0.39, 0.29) is 5.75 Å². The summed E-state index contributed by atoms with van der Waals surface area (Å²) in [6, 6.07) is 10.0. The molecule has 0 amide bonds. The van der Waals surface area contributed by atoms with Gasteiger partial charge in [0.1, 0.15) is 0 Å². The van der Waals surface area contributed by atoms with Crippen LogP contribution in [0.15, 0.2) is 40.9 Å². The molecule has 2 rings (SSSR count). The van der Waals surface area contributed by atoms with E-state index in [4.69, 9.17) is 10.5 Å². The third-order valence-electron chi connectivity index (χ3n) is 2.40. The first kappa shape index (κ1) is 11.9. The molecule has 2 N–H and O–H groups in total. The summed E-state index contributed by atoms with van der Waals surface area (Å²) in [4.78, 5) is 0. The van der Waals surface area contributed by atoms with E-state index >= 15 is 0 Å². The molecule has 0 aliphatic rings. The number of aryl methyl sites for hydroxylation is 1. The van der Waals surface area contributed by atoms with Crippen LogP contribution in [-0.4, -0.2) is 0 Å². The summed E-state index contributed by atoms with van der Waals surface area (Å²) in [6.45, 7) is 1.88. The standard InChI is InChI=1S/C13H11BrFNO/c1-8-3-2-4-12(13(8)16)17-11-6-5-9(14)7-10(11)15/h2-7H,16H2,1H3. The number of nitrogens with two attached hydrogens (primary N) is 1. The van der Waals surface area contributed by atoms with Crippen molar-refractivity contribution >= 4 is 21.6 Å². The summed E-state index contributed by atoms with van der Waals surface area (Å²) in [5, 5.41) is 0. The fraction of sp³-hybridized carbons (Fsp3) is 0.0769. The number of ether oxygens (including phenoxy) is 1. The second-order valence-electron chi connectivity index (χ2n) is 3.66. The van der Waals surface area contributed by atoms with Gasteiger partial charge in [-0.05, 0) is 36.8 Å². The van der Waals surface area contributed by atoms with Crippen molar-refractivity contribution in [3.63, 3.8) is 0 Å². The van der Waals surface area contributed by atoms with Crippen molar-refractivity contribution in [1.82, 2.24) is 0 Å². The highest BCUT2D eigenvalue weighted by Crippen LogP contribution is 2.31. The lowest BCUT2D eigenvalue weighted by Gasteiger charge is -2.10. The van der Waals surface area contributed by atoms with E-state index in [0.717, 1.165) is 5.56 Å². The number of halogens is 2. The summed E-state index contributed by atoms with van der Waals surface area (Å²) in [6.07, 6.45) is 0. The van der Waals surface area contributed by atoms with E-state index in [1.165, 1.54) is 6.07 Å². The van der Waals surface area contributed by atoms with Gasteiger partial charge in [0.15, 0.2) is 17.3 Å². The average molecular weight is 296 g/mol. The zero-order valence-electron chi connectivity index (χ0n) is 9.21. The second kappa shape index (κ2) is 4.75. The Labute approximate surface area is 107 Å². The first-order valence-electron chi connectivity index (χ1n) is 5.06. The molecule has 0 heterocycles. The minimum Gasteiger partial charge on any atom is -0.452 e. The quantitative estimate of drug-likeness (QED) is 0.840. The second-order valence-corrected chi connectivity index (χ2v) is 4.58. The minimum atomic E-state index is -0.430. The van der Waals surface area contributed by atoms with Gasteiger partial charge in [-0.3, -0.25) is 0 Å². The molecule has 0 fully saturated rings. The Hall–Kier alpha value is -1.55. The van der Waals surface area contributed by atoms with Gasteiger partial charge < -0.3 is 10.5 Å². The van der Waals surface area contributed by atoms with Gasteiger partial charge in [0.05, 0.1) is 5.69 Å². The van der Waals surface area contributed by atoms with Gasteiger partial charge in [-0.25, -0.2) is 4.39 Å². The SMILES string of the molecule is Cc1cccc(Oc2ccc(Br)cc2F)c1N. The van der Waals surface area contributed by atoms with Gasteiger partial charge in [0.2, 0.25) is 0 Å². The Morgan fingerprint density at radius 1 is 1.18 bits per heavy atom. The molecule has 0 aromatic heterocycles. The van der Waals surface area contributed by atoms with Crippen LogP contribution in [-0.2, 0) is 0 Å². The van der Waals surface area contributed by atoms with E-state index in [0.29, 0.717) is 15.9 Å². The van der Waals surface area contributed by atoms with Crippen molar-refractivity contribution in [2.45, 2.75) is 6.92 Å². The molecule has 0 aliphatic carbocycles. The normalized spacial score (nSPS) is 10.3. The fourth-order valence-corrected chi connectivity index (χ4v) is 1.75. The smallest absolute Gasteiger partial charge is 0.166 e. The Bertz CT molecular complexity index is 557. The summed E-state index contributed by atoms with van der Waals surface area (Å²) >= 11 is 3.19. The van der Waals surface area contributed by atoms with Crippen LogP contribution in [0.3, 0.4) is 0 Å². The Morgan fingerprint density at radius 2 is 1.94 bits per heavy atom. The monoisotopic (exact) mass is 295 g/mol. The highest BCUT2D eigenvalue weighted by Gasteiger charge is 2.08. The molecule has 17 heavy (non-hydrogen) atoms. The van der Waals surface area contributed by atoms with E-state index < -0.39 is 5.82 Å². The van der Waals surface area contributed by atoms with Gasteiger partial charge in [0.25, 0.3) is 0 Å². The molecular formula is C13H11BrFNO. The topological polar surface area (TPSA) is 35.2 Å². The first-order chi connectivity index (χ1) is 8.08. The molecule has 0 atom stereocenters. The maximum absolute atomic E-state index is 13.6. The van der Waals surface area contributed by atoms with Crippen molar-refractivity contribution in [3.8, 4) is 11.5 Å². The molecule has 88 valence electrons. The number of rotatable bonds is 2. The van der Waals surface area contributed by atoms with Crippen LogP contribution >= 0.6 is 15.9 Å². The Balaban J connectivity index is 2.35. The number of hydrogen-bond acceptors (Lipinski definition) is 2. The van der Waals surface area contributed by atoms with Crippen LogP contribution in [0.2, 0.25) is 0 Å². The zero-order chi connectivity index (χ0) is 12.4. The van der Waals surface area contributed by atoms with Gasteiger partial charge in [-0.15, -0.1) is 0 Å². The molecule has 2 aromatic rings. The van der Waals surface area contributed by atoms with E-state index in [2.05, 4.69) is 15.9 Å². The van der Waals surface area contributed by atoms with Crippen LogP contribution in [0.4, 0.5) is 10.1 Å². The van der Waals surface area contributed by atoms with Gasteiger partial charge in [-0.2, -0.15) is 0 Å². The third-order valence-corrected chi connectivity index (χ3v) is 2.89. The molecule has 0 bridgehead atoms.